The van der Waals surface area contributed by atoms with E-state index in [0.717, 1.165) is 6.42 Å². The Morgan fingerprint density at radius 2 is 2.11 bits per heavy atom. The number of aromatic nitrogens is 2. The molecule has 1 aromatic heterocycles. The Labute approximate surface area is 102 Å². The third-order valence-corrected chi connectivity index (χ3v) is 2.69. The first-order valence-electron chi connectivity index (χ1n) is 5.52. The fraction of sp³-hybridized carbons (Fsp3) is 0.636. The molecule has 0 saturated heterocycles. The van der Waals surface area contributed by atoms with E-state index in [1.165, 1.54) is 16.9 Å². The van der Waals surface area contributed by atoms with Crippen LogP contribution in [0.3, 0.4) is 0 Å². The monoisotopic (exact) mass is 266 g/mol. The summed E-state index contributed by atoms with van der Waals surface area (Å²) in [4.78, 5) is 11.0. The SMILES string of the molecule is CCC(C)n1ccc(CC(=O)C(F)(F)C(F)F)n1. The molecule has 0 saturated carbocycles. The third kappa shape index (κ3) is 3.08. The van der Waals surface area contributed by atoms with E-state index in [0.29, 0.717) is 0 Å². The van der Waals surface area contributed by atoms with Crippen molar-refractivity contribution in [2.24, 2.45) is 0 Å². The zero-order valence-corrected chi connectivity index (χ0v) is 10.0. The van der Waals surface area contributed by atoms with Crippen LogP contribution < -0.4 is 0 Å². The second kappa shape index (κ2) is 5.49. The molecule has 0 aliphatic heterocycles. The molecule has 0 fully saturated rings. The number of alkyl halides is 4. The number of nitrogens with zero attached hydrogens (tertiary/aromatic N) is 2. The van der Waals surface area contributed by atoms with E-state index >= 15 is 0 Å². The molecule has 0 aliphatic rings. The Morgan fingerprint density at radius 3 is 2.61 bits per heavy atom. The van der Waals surface area contributed by atoms with Gasteiger partial charge in [0.15, 0.2) is 0 Å². The Kier molecular flexibility index (Phi) is 4.48. The summed E-state index contributed by atoms with van der Waals surface area (Å²) in [7, 11) is 0. The van der Waals surface area contributed by atoms with Gasteiger partial charge in [0.05, 0.1) is 12.1 Å². The van der Waals surface area contributed by atoms with E-state index in [4.69, 9.17) is 0 Å². The summed E-state index contributed by atoms with van der Waals surface area (Å²) < 4.78 is 50.9. The number of carbonyl (C=O) groups excluding carboxylic acids is 1. The van der Waals surface area contributed by atoms with Crippen LogP contribution in [-0.4, -0.2) is 27.9 Å². The molecule has 1 rings (SSSR count). The molecule has 0 radical (unpaired) electrons. The van der Waals surface area contributed by atoms with Gasteiger partial charge in [-0.05, 0) is 19.4 Å². The highest BCUT2D eigenvalue weighted by Crippen LogP contribution is 2.25. The first-order chi connectivity index (χ1) is 8.28. The van der Waals surface area contributed by atoms with E-state index in [1.807, 2.05) is 13.8 Å². The number of Topliss-reactive ketones (excluding diaryl/α,β-unsaturated/α-hetero) is 1. The van der Waals surface area contributed by atoms with E-state index in [2.05, 4.69) is 5.10 Å². The van der Waals surface area contributed by atoms with E-state index < -0.39 is 24.6 Å². The summed E-state index contributed by atoms with van der Waals surface area (Å²) in [6.45, 7) is 3.79. The molecule has 1 aromatic rings. The quantitative estimate of drug-likeness (QED) is 0.742. The van der Waals surface area contributed by atoms with Crippen molar-refractivity contribution < 1.29 is 22.4 Å². The van der Waals surface area contributed by atoms with Crippen molar-refractivity contribution in [1.82, 2.24) is 9.78 Å². The van der Waals surface area contributed by atoms with Crippen molar-refractivity contribution in [1.29, 1.82) is 0 Å². The predicted octanol–water partition coefficient (Wildman–Crippen LogP) is 2.87. The van der Waals surface area contributed by atoms with Crippen LogP contribution in [0.1, 0.15) is 32.0 Å². The molecule has 0 spiro atoms. The van der Waals surface area contributed by atoms with Crippen LogP contribution in [0.5, 0.6) is 0 Å². The van der Waals surface area contributed by atoms with Crippen molar-refractivity contribution in [3.8, 4) is 0 Å². The molecular formula is C11H14F4N2O. The minimum atomic E-state index is -4.61. The van der Waals surface area contributed by atoms with Gasteiger partial charge < -0.3 is 0 Å². The van der Waals surface area contributed by atoms with Crippen LogP contribution in [-0.2, 0) is 11.2 Å². The summed E-state index contributed by atoms with van der Waals surface area (Å²) in [6, 6.07) is 1.44. The molecule has 0 bridgehead atoms. The zero-order valence-electron chi connectivity index (χ0n) is 10.0. The average Bonchev–Trinajstić information content (AvgIpc) is 2.76. The van der Waals surface area contributed by atoms with Crippen LogP contribution in [0.4, 0.5) is 17.6 Å². The van der Waals surface area contributed by atoms with Gasteiger partial charge >= 0.3 is 12.3 Å². The first kappa shape index (κ1) is 14.7. The van der Waals surface area contributed by atoms with Crippen LogP contribution in [0.15, 0.2) is 12.3 Å². The largest absolute Gasteiger partial charge is 0.364 e. The lowest BCUT2D eigenvalue weighted by atomic mass is 10.1. The molecule has 18 heavy (non-hydrogen) atoms. The minimum Gasteiger partial charge on any atom is -0.292 e. The molecule has 0 N–H and O–H groups in total. The lowest BCUT2D eigenvalue weighted by molar-refractivity contribution is -0.166. The summed E-state index contributed by atoms with van der Waals surface area (Å²) >= 11 is 0. The molecule has 0 aliphatic carbocycles. The molecule has 1 atom stereocenters. The van der Waals surface area contributed by atoms with Crippen LogP contribution in [0, 0.1) is 0 Å². The fourth-order valence-corrected chi connectivity index (χ4v) is 1.31. The van der Waals surface area contributed by atoms with Gasteiger partial charge in [-0.2, -0.15) is 13.9 Å². The topological polar surface area (TPSA) is 34.9 Å². The third-order valence-electron chi connectivity index (χ3n) is 2.69. The smallest absolute Gasteiger partial charge is 0.292 e. The summed E-state index contributed by atoms with van der Waals surface area (Å²) in [6.07, 6.45) is -2.46. The van der Waals surface area contributed by atoms with Gasteiger partial charge in [-0.15, -0.1) is 0 Å². The van der Waals surface area contributed by atoms with E-state index in [1.54, 1.807) is 0 Å². The molecule has 7 heteroatoms. The highest BCUT2D eigenvalue weighted by Gasteiger charge is 2.48. The second-order valence-corrected chi connectivity index (χ2v) is 4.07. The van der Waals surface area contributed by atoms with Gasteiger partial charge in [0.1, 0.15) is 0 Å². The maximum Gasteiger partial charge on any atom is 0.364 e. The second-order valence-electron chi connectivity index (χ2n) is 4.07. The highest BCUT2D eigenvalue weighted by atomic mass is 19.3. The van der Waals surface area contributed by atoms with Crippen molar-refractivity contribution in [3.05, 3.63) is 18.0 Å². The van der Waals surface area contributed by atoms with Gasteiger partial charge in [-0.1, -0.05) is 6.92 Å². The highest BCUT2D eigenvalue weighted by molar-refractivity contribution is 5.87. The van der Waals surface area contributed by atoms with Crippen LogP contribution >= 0.6 is 0 Å². The minimum absolute atomic E-state index is 0.0597. The van der Waals surface area contributed by atoms with E-state index in [-0.39, 0.29) is 11.7 Å². The Balaban J connectivity index is 2.74. The Morgan fingerprint density at radius 1 is 1.50 bits per heavy atom. The first-order valence-corrected chi connectivity index (χ1v) is 5.52. The van der Waals surface area contributed by atoms with E-state index in [9.17, 15) is 22.4 Å². The van der Waals surface area contributed by atoms with Gasteiger partial charge in [0.2, 0.25) is 5.78 Å². The van der Waals surface area contributed by atoms with Crippen LogP contribution in [0.25, 0.3) is 0 Å². The van der Waals surface area contributed by atoms with Gasteiger partial charge in [-0.25, -0.2) is 8.78 Å². The van der Waals surface area contributed by atoms with Gasteiger partial charge in [-0.3, -0.25) is 9.48 Å². The standard InChI is InChI=1S/C11H14F4N2O/c1-3-7(2)17-5-4-8(16-17)6-9(18)11(14,15)10(12)13/h4-5,7,10H,3,6H2,1-2H3. The van der Waals surface area contributed by atoms with Crippen molar-refractivity contribution in [2.45, 2.75) is 45.1 Å². The Hall–Kier alpha value is -1.40. The number of halogens is 4. The Bertz CT molecular complexity index is 417. The fourth-order valence-electron chi connectivity index (χ4n) is 1.31. The van der Waals surface area contributed by atoms with Crippen molar-refractivity contribution in [3.63, 3.8) is 0 Å². The lowest BCUT2D eigenvalue weighted by Gasteiger charge is -2.12. The van der Waals surface area contributed by atoms with Gasteiger partial charge in [0.25, 0.3) is 0 Å². The normalized spacial score (nSPS) is 13.9. The maximum absolute atomic E-state index is 12.7. The maximum atomic E-state index is 12.7. The molecule has 0 aromatic carbocycles. The lowest BCUT2D eigenvalue weighted by Crippen LogP contribution is -2.37. The number of hydrogen-bond acceptors (Lipinski definition) is 2. The molecule has 1 unspecified atom stereocenters. The van der Waals surface area contributed by atoms with Crippen molar-refractivity contribution in [2.75, 3.05) is 0 Å². The summed E-state index contributed by atoms with van der Waals surface area (Å²) in [5, 5.41) is 3.91. The molecule has 1 heterocycles. The zero-order chi connectivity index (χ0) is 13.9. The number of ketones is 1. The molecule has 3 nitrogen and oxygen atoms in total. The average molecular weight is 266 g/mol. The molecule has 0 amide bonds. The molecular weight excluding hydrogens is 252 g/mol. The predicted molar refractivity (Wildman–Crippen MR) is 56.9 cm³/mol. The molecule has 102 valence electrons. The van der Waals surface area contributed by atoms with Gasteiger partial charge in [0, 0.05) is 12.2 Å². The number of rotatable bonds is 6. The number of hydrogen-bond donors (Lipinski definition) is 0. The van der Waals surface area contributed by atoms with Crippen molar-refractivity contribution >= 4 is 5.78 Å². The number of carbonyl (C=O) groups is 1. The summed E-state index contributed by atoms with van der Waals surface area (Å²) in [5.41, 5.74) is 0.0700. The summed E-state index contributed by atoms with van der Waals surface area (Å²) in [5.74, 6) is -6.42. The van der Waals surface area contributed by atoms with Crippen LogP contribution in [0.2, 0.25) is 0 Å².